The van der Waals surface area contributed by atoms with Crippen LogP contribution in [0.1, 0.15) is 69.8 Å². The Balaban J connectivity index is 1.44. The zero-order chi connectivity index (χ0) is 27.1. The van der Waals surface area contributed by atoms with Crippen molar-refractivity contribution in [2.45, 2.75) is 64.2 Å². The van der Waals surface area contributed by atoms with Crippen LogP contribution in [0.15, 0.2) is 36.4 Å². The van der Waals surface area contributed by atoms with Crippen LogP contribution in [0.3, 0.4) is 0 Å². The molecule has 0 aromatic heterocycles. The first-order valence-electron chi connectivity index (χ1n) is 13.2. The Hall–Kier alpha value is -3.62. The second kappa shape index (κ2) is 12.8. The highest BCUT2D eigenvalue weighted by Gasteiger charge is 2.32. The van der Waals surface area contributed by atoms with Crippen LogP contribution in [0.4, 0.5) is 17.6 Å². The van der Waals surface area contributed by atoms with Gasteiger partial charge in [-0.05, 0) is 111 Å². The number of allylic oxidation sites excluding steroid dienone is 2. The summed E-state index contributed by atoms with van der Waals surface area (Å²) >= 11 is 0. The predicted molar refractivity (Wildman–Crippen MR) is 142 cm³/mol. The van der Waals surface area contributed by atoms with Crippen molar-refractivity contribution in [1.82, 2.24) is 0 Å². The minimum atomic E-state index is -1.36. The lowest BCUT2D eigenvalue weighted by Crippen LogP contribution is -2.25. The normalized spacial score (nSPS) is 23.1. The van der Waals surface area contributed by atoms with E-state index >= 15 is 8.78 Å². The van der Waals surface area contributed by atoms with Crippen molar-refractivity contribution < 1.29 is 22.3 Å². The topological polar surface area (TPSA) is 9.23 Å². The molecule has 2 aliphatic rings. The molecule has 2 aliphatic carbocycles. The Morgan fingerprint density at radius 2 is 1.34 bits per heavy atom. The molecule has 2 aromatic rings. The van der Waals surface area contributed by atoms with Gasteiger partial charge in [0.2, 0.25) is 5.82 Å². The van der Waals surface area contributed by atoms with Gasteiger partial charge in [-0.25, -0.2) is 13.2 Å². The van der Waals surface area contributed by atoms with Gasteiger partial charge in [0, 0.05) is 23.0 Å². The molecule has 0 N–H and O–H groups in total. The van der Waals surface area contributed by atoms with E-state index in [1.54, 1.807) is 0 Å². The van der Waals surface area contributed by atoms with Gasteiger partial charge >= 0.3 is 0 Å². The van der Waals surface area contributed by atoms with Crippen molar-refractivity contribution in [1.29, 1.82) is 0 Å². The van der Waals surface area contributed by atoms with Crippen molar-refractivity contribution in [2.75, 3.05) is 0 Å². The Kier molecular flexibility index (Phi) is 9.20. The molecule has 0 atom stereocenters. The molecule has 0 unspecified atom stereocenters. The highest BCUT2D eigenvalue weighted by atomic mass is 19.2. The monoisotopic (exact) mass is 518 g/mol. The van der Waals surface area contributed by atoms with Crippen molar-refractivity contribution in [3.63, 3.8) is 0 Å². The maximum absolute atomic E-state index is 15.2. The Morgan fingerprint density at radius 1 is 0.737 bits per heavy atom. The van der Waals surface area contributed by atoms with E-state index in [1.807, 2.05) is 5.92 Å². The summed E-state index contributed by atoms with van der Waals surface area (Å²) in [7, 11) is 0. The van der Waals surface area contributed by atoms with Crippen LogP contribution in [0, 0.1) is 77.2 Å². The summed E-state index contributed by atoms with van der Waals surface area (Å²) in [6.45, 7) is 2.07. The van der Waals surface area contributed by atoms with Gasteiger partial charge in [0.05, 0.1) is 0 Å². The fourth-order valence-electron chi connectivity index (χ4n) is 6.06. The first kappa shape index (κ1) is 27.4. The summed E-state index contributed by atoms with van der Waals surface area (Å²) in [5.41, 5.74) is -0.424. The first-order chi connectivity index (χ1) is 18.4. The quantitative estimate of drug-likeness (QED) is 0.219. The second-order valence-electron chi connectivity index (χ2n) is 10.1. The highest BCUT2D eigenvalue weighted by molar-refractivity contribution is 5.67. The van der Waals surface area contributed by atoms with Crippen molar-refractivity contribution >= 4 is 0 Å². The number of benzene rings is 2. The average Bonchev–Trinajstić information content (AvgIpc) is 2.93. The third kappa shape index (κ3) is 6.09. The maximum Gasteiger partial charge on any atom is 0.203 e. The maximum atomic E-state index is 15.2. The molecule has 0 saturated heterocycles. The second-order valence-corrected chi connectivity index (χ2v) is 10.1. The molecule has 4 rings (SSSR count). The summed E-state index contributed by atoms with van der Waals surface area (Å²) in [4.78, 5) is 0. The number of hydrogen-bond acceptors (Lipinski definition) is 1. The first-order valence-corrected chi connectivity index (χ1v) is 13.2. The van der Waals surface area contributed by atoms with Gasteiger partial charge in [0.25, 0.3) is 0 Å². The molecule has 0 radical (unpaired) electrons. The van der Waals surface area contributed by atoms with Gasteiger partial charge in [0.1, 0.15) is 6.11 Å². The Morgan fingerprint density at radius 3 is 1.97 bits per heavy atom. The molecule has 5 heteroatoms. The van der Waals surface area contributed by atoms with E-state index in [0.717, 1.165) is 37.8 Å². The Labute approximate surface area is 222 Å². The number of halogens is 4. The number of rotatable bonds is 5. The van der Waals surface area contributed by atoms with Crippen LogP contribution in [0.25, 0.3) is 11.1 Å². The number of hydrogen-bond donors (Lipinski definition) is 0. The summed E-state index contributed by atoms with van der Waals surface area (Å²) in [5, 5.41) is 0. The lowest BCUT2D eigenvalue weighted by molar-refractivity contribution is 0.170. The van der Waals surface area contributed by atoms with Crippen LogP contribution in [-0.4, -0.2) is 0 Å². The fraction of sp³-hybridized carbons (Fsp3) is 0.394. The minimum absolute atomic E-state index is 0.0809. The zero-order valence-corrected chi connectivity index (χ0v) is 21.4. The molecule has 2 fully saturated rings. The minimum Gasteiger partial charge on any atom is -0.403 e. The summed E-state index contributed by atoms with van der Waals surface area (Å²) < 4.78 is 64.5. The fourth-order valence-corrected chi connectivity index (χ4v) is 6.06. The van der Waals surface area contributed by atoms with Gasteiger partial charge < -0.3 is 4.74 Å². The van der Waals surface area contributed by atoms with E-state index in [9.17, 15) is 8.78 Å². The van der Waals surface area contributed by atoms with Crippen LogP contribution < -0.4 is 4.74 Å². The van der Waals surface area contributed by atoms with Crippen molar-refractivity contribution in [2.24, 2.45) is 17.8 Å². The summed E-state index contributed by atoms with van der Waals surface area (Å²) in [6, 6.07) is 5.08. The summed E-state index contributed by atoms with van der Waals surface area (Å²) in [5.74, 6) is 5.37. The lowest BCUT2D eigenvalue weighted by Gasteiger charge is -2.37. The van der Waals surface area contributed by atoms with Crippen molar-refractivity contribution in [3.05, 3.63) is 65.2 Å². The van der Waals surface area contributed by atoms with Crippen LogP contribution in [0.5, 0.6) is 5.75 Å². The van der Waals surface area contributed by atoms with Crippen LogP contribution in [0.2, 0.25) is 0 Å². The molecule has 38 heavy (non-hydrogen) atoms. The Bertz CT molecular complexity index is 1350. The predicted octanol–water partition coefficient (Wildman–Crippen LogP) is 8.54. The molecular weight excluding hydrogens is 488 g/mol. The molecule has 0 aliphatic heterocycles. The smallest absolute Gasteiger partial charge is 0.203 e. The van der Waals surface area contributed by atoms with Gasteiger partial charge in [-0.2, -0.15) is 4.39 Å². The molecule has 2 aromatic carbocycles. The highest BCUT2D eigenvalue weighted by Crippen LogP contribution is 2.45. The largest absolute Gasteiger partial charge is 0.403 e. The van der Waals surface area contributed by atoms with Gasteiger partial charge in [-0.1, -0.05) is 24.3 Å². The zero-order valence-electron chi connectivity index (χ0n) is 21.4. The van der Waals surface area contributed by atoms with E-state index in [4.69, 9.17) is 11.2 Å². The molecule has 0 bridgehead atoms. The molecule has 196 valence electrons. The van der Waals surface area contributed by atoms with Crippen LogP contribution in [-0.2, 0) is 0 Å². The van der Waals surface area contributed by atoms with E-state index in [0.29, 0.717) is 23.3 Å². The molecule has 2 saturated carbocycles. The average molecular weight is 519 g/mol. The molecule has 0 heterocycles. The lowest BCUT2D eigenvalue weighted by atomic mass is 9.68. The summed E-state index contributed by atoms with van der Waals surface area (Å²) in [6.07, 6.45) is 20.1. The standard InChI is InChI=1S/C33H30F4O/c1-3-5-6-7-21-38-29-20-19-28(32(36)33(29)37)27-18-17-26(30(34)31(27)35)25-15-13-24(14-16-25)23-11-9-22(8-4-2)10-12-23/h1,4,8,17-20,22-25H,9-16H2,2H3. The van der Waals surface area contributed by atoms with Gasteiger partial charge in [-0.3, -0.25) is 0 Å². The third-order valence-electron chi connectivity index (χ3n) is 8.02. The SMILES string of the molecule is C#CC#CC#COc1ccc(-c2ccc(C3CCC(C4CCC(C=CC)CC4)CC3)c(F)c2F)c(F)c1F. The molecule has 0 amide bonds. The molecule has 0 spiro atoms. The number of ether oxygens (including phenoxy) is 1. The van der Waals surface area contributed by atoms with Gasteiger partial charge in [-0.15, -0.1) is 6.42 Å². The molecular formula is C33H30F4O. The van der Waals surface area contributed by atoms with Crippen molar-refractivity contribution in [3.8, 4) is 53.1 Å². The van der Waals surface area contributed by atoms with E-state index in [-0.39, 0.29) is 11.5 Å². The number of terminal acetylenes is 1. The third-order valence-corrected chi connectivity index (χ3v) is 8.02. The van der Waals surface area contributed by atoms with Crippen LogP contribution >= 0.6 is 0 Å². The van der Waals surface area contributed by atoms with E-state index < -0.39 is 34.6 Å². The molecule has 1 nitrogen and oxygen atoms in total. The van der Waals surface area contributed by atoms with Gasteiger partial charge in [0.15, 0.2) is 23.2 Å². The van der Waals surface area contributed by atoms with E-state index in [2.05, 4.69) is 42.9 Å². The van der Waals surface area contributed by atoms with E-state index in [1.165, 1.54) is 37.8 Å².